The highest BCUT2D eigenvalue weighted by molar-refractivity contribution is 6.34. The second kappa shape index (κ2) is 7.68. The van der Waals surface area contributed by atoms with E-state index < -0.39 is 6.04 Å². The maximum atomic E-state index is 12.8. The number of halogens is 1. The minimum absolute atomic E-state index is 0.105. The highest BCUT2D eigenvalue weighted by atomic mass is 35.5. The van der Waals surface area contributed by atoms with Gasteiger partial charge in [0.1, 0.15) is 11.8 Å². The Kier molecular flexibility index (Phi) is 5.09. The Labute approximate surface area is 169 Å². The van der Waals surface area contributed by atoms with Crippen LogP contribution in [0.1, 0.15) is 17.5 Å². The molecule has 1 fully saturated rings. The number of nitrogens with zero attached hydrogens (tertiary/aromatic N) is 2. The number of likely N-dealkylation sites (N-methyl/N-ethyl adjacent to an activating group) is 1. The molecule has 5 nitrogen and oxygen atoms in total. The lowest BCUT2D eigenvalue weighted by Gasteiger charge is -2.23. The van der Waals surface area contributed by atoms with Crippen LogP contribution >= 0.6 is 11.6 Å². The third-order valence-corrected chi connectivity index (χ3v) is 5.59. The van der Waals surface area contributed by atoms with Crippen molar-refractivity contribution < 1.29 is 14.3 Å². The second-order valence-electron chi connectivity index (χ2n) is 6.99. The van der Waals surface area contributed by atoms with E-state index in [1.54, 1.807) is 24.1 Å². The molecule has 0 aliphatic carbocycles. The zero-order valence-electron chi connectivity index (χ0n) is 15.6. The molecule has 0 N–H and O–H groups in total. The Balaban J connectivity index is 1.44. The van der Waals surface area contributed by atoms with Crippen molar-refractivity contribution >= 4 is 35.2 Å². The molecule has 4 rings (SSSR count). The van der Waals surface area contributed by atoms with Crippen LogP contribution in [0.5, 0.6) is 5.75 Å². The number of hydrogen-bond acceptors (Lipinski definition) is 3. The number of carbonyl (C=O) groups is 2. The van der Waals surface area contributed by atoms with Gasteiger partial charge in [-0.15, -0.1) is 0 Å². The molecule has 0 bridgehead atoms. The predicted octanol–water partition coefficient (Wildman–Crippen LogP) is 3.55. The van der Waals surface area contributed by atoms with E-state index in [2.05, 4.69) is 0 Å². The molecule has 0 radical (unpaired) electrons. The SMILES string of the molecule is CN(C(=O)C=Cc1ccc2c(c1)CCO2)C1CCN(c2ccccc2Cl)C1=O. The average Bonchev–Trinajstić information content (AvgIpc) is 3.32. The van der Waals surface area contributed by atoms with Crippen LogP contribution in [-0.2, 0) is 16.0 Å². The number of benzene rings is 2. The molecule has 2 aromatic carbocycles. The van der Waals surface area contributed by atoms with Crippen LogP contribution in [0.25, 0.3) is 6.08 Å². The number of ether oxygens (including phenoxy) is 1. The fraction of sp³-hybridized carbons (Fsp3) is 0.273. The molecule has 2 amide bonds. The molecule has 1 atom stereocenters. The summed E-state index contributed by atoms with van der Waals surface area (Å²) >= 11 is 6.22. The van der Waals surface area contributed by atoms with E-state index in [9.17, 15) is 9.59 Å². The number of rotatable bonds is 4. The van der Waals surface area contributed by atoms with E-state index in [4.69, 9.17) is 16.3 Å². The van der Waals surface area contributed by atoms with E-state index in [-0.39, 0.29) is 11.8 Å². The van der Waals surface area contributed by atoms with Crippen LogP contribution in [0.2, 0.25) is 5.02 Å². The molecule has 0 saturated carbocycles. The Morgan fingerprint density at radius 3 is 2.93 bits per heavy atom. The molecule has 144 valence electrons. The monoisotopic (exact) mass is 396 g/mol. The molecule has 2 aliphatic heterocycles. The summed E-state index contributed by atoms with van der Waals surface area (Å²) in [5.74, 6) is 0.611. The Morgan fingerprint density at radius 2 is 2.11 bits per heavy atom. The molecule has 0 spiro atoms. The highest BCUT2D eigenvalue weighted by Gasteiger charge is 2.37. The molecule has 1 saturated heterocycles. The van der Waals surface area contributed by atoms with Gasteiger partial charge in [-0.3, -0.25) is 9.59 Å². The number of amides is 2. The first-order chi connectivity index (χ1) is 13.5. The molecule has 28 heavy (non-hydrogen) atoms. The lowest BCUT2D eigenvalue weighted by Crippen LogP contribution is -2.42. The lowest BCUT2D eigenvalue weighted by atomic mass is 10.1. The van der Waals surface area contributed by atoms with Gasteiger partial charge in [0.25, 0.3) is 0 Å². The summed E-state index contributed by atoms with van der Waals surface area (Å²) in [4.78, 5) is 28.6. The van der Waals surface area contributed by atoms with Crippen LogP contribution < -0.4 is 9.64 Å². The zero-order valence-corrected chi connectivity index (χ0v) is 16.4. The van der Waals surface area contributed by atoms with Gasteiger partial charge in [0.15, 0.2) is 0 Å². The van der Waals surface area contributed by atoms with E-state index in [0.29, 0.717) is 30.3 Å². The van der Waals surface area contributed by atoms with Crippen molar-refractivity contribution in [3.63, 3.8) is 0 Å². The summed E-state index contributed by atoms with van der Waals surface area (Å²) in [6.07, 6.45) is 4.77. The molecule has 0 aromatic heterocycles. The van der Waals surface area contributed by atoms with Gasteiger partial charge in [-0.05, 0) is 47.9 Å². The third-order valence-electron chi connectivity index (χ3n) is 5.27. The second-order valence-corrected chi connectivity index (χ2v) is 7.40. The number of anilines is 1. The summed E-state index contributed by atoms with van der Waals surface area (Å²) in [6.45, 7) is 1.25. The average molecular weight is 397 g/mol. The normalized spacial score (nSPS) is 18.4. The van der Waals surface area contributed by atoms with Crippen molar-refractivity contribution in [2.24, 2.45) is 0 Å². The van der Waals surface area contributed by atoms with E-state index in [1.165, 1.54) is 11.0 Å². The zero-order chi connectivity index (χ0) is 19.7. The third kappa shape index (κ3) is 3.50. The largest absolute Gasteiger partial charge is 0.493 e. The Bertz CT molecular complexity index is 957. The fourth-order valence-corrected chi connectivity index (χ4v) is 3.92. The van der Waals surface area contributed by atoms with Crippen molar-refractivity contribution in [3.8, 4) is 5.75 Å². The van der Waals surface area contributed by atoms with Gasteiger partial charge in [0.2, 0.25) is 11.8 Å². The number of carbonyl (C=O) groups excluding carboxylic acids is 2. The number of para-hydroxylation sites is 1. The highest BCUT2D eigenvalue weighted by Crippen LogP contribution is 2.30. The summed E-state index contributed by atoms with van der Waals surface area (Å²) < 4.78 is 5.50. The first kappa shape index (κ1) is 18.6. The van der Waals surface area contributed by atoms with Gasteiger partial charge in [0.05, 0.1) is 17.3 Å². The minimum atomic E-state index is -0.484. The van der Waals surface area contributed by atoms with Crippen molar-refractivity contribution in [1.29, 1.82) is 0 Å². The lowest BCUT2D eigenvalue weighted by molar-refractivity contribution is -0.132. The van der Waals surface area contributed by atoms with E-state index in [1.807, 2.05) is 36.4 Å². The maximum absolute atomic E-state index is 12.8. The quantitative estimate of drug-likeness (QED) is 0.742. The van der Waals surface area contributed by atoms with Crippen molar-refractivity contribution in [2.45, 2.75) is 18.9 Å². The van der Waals surface area contributed by atoms with Crippen molar-refractivity contribution in [1.82, 2.24) is 4.90 Å². The van der Waals surface area contributed by atoms with Crippen LogP contribution in [0.4, 0.5) is 5.69 Å². The molecular formula is C22H21ClN2O3. The van der Waals surface area contributed by atoms with Gasteiger partial charge in [-0.25, -0.2) is 0 Å². The minimum Gasteiger partial charge on any atom is -0.493 e. The first-order valence-corrected chi connectivity index (χ1v) is 9.69. The summed E-state index contributed by atoms with van der Waals surface area (Å²) in [6, 6.07) is 12.7. The van der Waals surface area contributed by atoms with E-state index >= 15 is 0 Å². The molecule has 6 heteroatoms. The molecule has 1 unspecified atom stereocenters. The van der Waals surface area contributed by atoms with Crippen LogP contribution in [-0.4, -0.2) is 43.0 Å². The molecule has 2 heterocycles. The predicted molar refractivity (Wildman–Crippen MR) is 110 cm³/mol. The van der Waals surface area contributed by atoms with Crippen LogP contribution in [0.15, 0.2) is 48.5 Å². The van der Waals surface area contributed by atoms with Crippen molar-refractivity contribution in [3.05, 3.63) is 64.7 Å². The van der Waals surface area contributed by atoms with E-state index in [0.717, 1.165) is 23.3 Å². The number of hydrogen-bond donors (Lipinski definition) is 0. The Morgan fingerprint density at radius 1 is 1.29 bits per heavy atom. The smallest absolute Gasteiger partial charge is 0.249 e. The van der Waals surface area contributed by atoms with Gasteiger partial charge < -0.3 is 14.5 Å². The van der Waals surface area contributed by atoms with Gasteiger partial charge in [-0.1, -0.05) is 29.8 Å². The molecular weight excluding hydrogens is 376 g/mol. The summed E-state index contributed by atoms with van der Waals surface area (Å²) in [5, 5.41) is 0.533. The topological polar surface area (TPSA) is 49.9 Å². The van der Waals surface area contributed by atoms with Gasteiger partial charge in [0, 0.05) is 26.1 Å². The van der Waals surface area contributed by atoms with Crippen LogP contribution in [0.3, 0.4) is 0 Å². The summed E-state index contributed by atoms with van der Waals surface area (Å²) in [7, 11) is 1.67. The first-order valence-electron chi connectivity index (χ1n) is 9.31. The maximum Gasteiger partial charge on any atom is 0.249 e. The van der Waals surface area contributed by atoms with Crippen LogP contribution in [0, 0.1) is 0 Å². The van der Waals surface area contributed by atoms with Gasteiger partial charge in [-0.2, -0.15) is 0 Å². The molecule has 2 aliphatic rings. The molecule has 2 aromatic rings. The van der Waals surface area contributed by atoms with Gasteiger partial charge >= 0.3 is 0 Å². The van der Waals surface area contributed by atoms with Crippen molar-refractivity contribution in [2.75, 3.05) is 25.1 Å². The number of fused-ring (bicyclic) bond motifs is 1. The Hall–Kier alpha value is -2.79. The standard InChI is InChI=1S/C22H21ClN2O3/c1-24(19-10-12-25(22(19)27)18-5-3-2-4-17(18)23)21(26)9-7-15-6-8-20-16(14-15)11-13-28-20/h2-9,14,19H,10-13H2,1H3. The fourth-order valence-electron chi connectivity index (χ4n) is 3.68. The summed E-state index contributed by atoms with van der Waals surface area (Å²) in [5.41, 5.74) is 2.79.